The third kappa shape index (κ3) is 3.87. The van der Waals surface area contributed by atoms with E-state index < -0.39 is 0 Å². The van der Waals surface area contributed by atoms with Gasteiger partial charge in [-0.15, -0.1) is 0 Å². The zero-order chi connectivity index (χ0) is 13.7. The van der Waals surface area contributed by atoms with E-state index >= 15 is 0 Å². The zero-order valence-corrected chi connectivity index (χ0v) is 12.6. The van der Waals surface area contributed by atoms with Gasteiger partial charge in [0.2, 0.25) is 0 Å². The summed E-state index contributed by atoms with van der Waals surface area (Å²) in [5.74, 6) is 0. The minimum atomic E-state index is 0.226. The normalized spacial score (nSPS) is 18.2. The third-order valence-corrected chi connectivity index (χ3v) is 4.30. The first kappa shape index (κ1) is 14.7. The van der Waals surface area contributed by atoms with Crippen molar-refractivity contribution in [3.05, 3.63) is 28.8 Å². The number of nitrogens with zero attached hydrogens (tertiary/aromatic N) is 1. The molecule has 0 aromatic heterocycles. The number of rotatable bonds is 4. The van der Waals surface area contributed by atoms with E-state index in [0.717, 1.165) is 31.0 Å². The molecule has 106 valence electrons. The number of benzene rings is 1. The van der Waals surface area contributed by atoms with Crippen molar-refractivity contribution >= 4 is 17.3 Å². The van der Waals surface area contributed by atoms with Crippen molar-refractivity contribution in [3.63, 3.8) is 0 Å². The lowest BCUT2D eigenvalue weighted by Crippen LogP contribution is -2.28. The van der Waals surface area contributed by atoms with E-state index in [1.54, 1.807) is 0 Å². The van der Waals surface area contributed by atoms with Crippen LogP contribution in [0.5, 0.6) is 0 Å². The maximum Gasteiger partial charge on any atom is 0.0642 e. The number of anilines is 1. The van der Waals surface area contributed by atoms with E-state index in [9.17, 15) is 0 Å². The van der Waals surface area contributed by atoms with Crippen molar-refractivity contribution in [1.29, 1.82) is 0 Å². The first-order valence-corrected chi connectivity index (χ1v) is 7.88. The predicted octanol–water partition coefficient (Wildman–Crippen LogP) is 4.00. The quantitative estimate of drug-likeness (QED) is 0.903. The Balaban J connectivity index is 2.25. The molecule has 1 fully saturated rings. The van der Waals surface area contributed by atoms with Gasteiger partial charge in [0.15, 0.2) is 0 Å². The fraction of sp³-hybridized carbons (Fsp3) is 0.625. The summed E-state index contributed by atoms with van der Waals surface area (Å²) >= 11 is 6.46. The van der Waals surface area contributed by atoms with Gasteiger partial charge in [-0.1, -0.05) is 43.5 Å². The molecule has 1 aliphatic rings. The lowest BCUT2D eigenvalue weighted by molar-refractivity contribution is 0.643. The van der Waals surface area contributed by atoms with Gasteiger partial charge in [0, 0.05) is 19.1 Å². The molecule has 2 rings (SSSR count). The number of para-hydroxylation sites is 1. The van der Waals surface area contributed by atoms with Crippen molar-refractivity contribution in [2.75, 3.05) is 18.0 Å². The molecular weight excluding hydrogens is 256 g/mol. The number of nitrogens with two attached hydrogens (primary N) is 1. The third-order valence-electron chi connectivity index (χ3n) is 4.00. The summed E-state index contributed by atoms with van der Waals surface area (Å²) in [5.41, 5.74) is 8.66. The van der Waals surface area contributed by atoms with Crippen molar-refractivity contribution in [3.8, 4) is 0 Å². The summed E-state index contributed by atoms with van der Waals surface area (Å²) < 4.78 is 0. The molecule has 1 aromatic carbocycles. The molecule has 0 saturated carbocycles. The molecule has 0 amide bonds. The highest BCUT2D eigenvalue weighted by Crippen LogP contribution is 2.32. The molecule has 0 bridgehead atoms. The Hall–Kier alpha value is -0.730. The van der Waals surface area contributed by atoms with Crippen LogP contribution in [0.15, 0.2) is 18.2 Å². The van der Waals surface area contributed by atoms with Crippen LogP contribution in [0, 0.1) is 0 Å². The standard InChI is InChI=1S/C16H25ClN2/c1-2-14(18)12-13-8-7-9-15(17)16(13)19-10-5-3-4-6-11-19/h7-9,14H,2-6,10-12,18H2,1H3. The molecule has 1 heterocycles. The smallest absolute Gasteiger partial charge is 0.0642 e. The Bertz CT molecular complexity index is 398. The predicted molar refractivity (Wildman–Crippen MR) is 84.1 cm³/mol. The molecule has 0 aliphatic carbocycles. The summed E-state index contributed by atoms with van der Waals surface area (Å²) in [7, 11) is 0. The van der Waals surface area contributed by atoms with Gasteiger partial charge in [-0.3, -0.25) is 0 Å². The highest BCUT2D eigenvalue weighted by molar-refractivity contribution is 6.33. The lowest BCUT2D eigenvalue weighted by atomic mass is 10.0. The van der Waals surface area contributed by atoms with Gasteiger partial charge in [-0.05, 0) is 37.3 Å². The Morgan fingerprint density at radius 1 is 1.21 bits per heavy atom. The van der Waals surface area contributed by atoms with Crippen LogP contribution in [0.1, 0.15) is 44.6 Å². The molecule has 0 spiro atoms. The Morgan fingerprint density at radius 3 is 2.53 bits per heavy atom. The van der Waals surface area contributed by atoms with Gasteiger partial charge in [-0.25, -0.2) is 0 Å². The van der Waals surface area contributed by atoms with E-state index in [-0.39, 0.29) is 6.04 Å². The average molecular weight is 281 g/mol. The summed E-state index contributed by atoms with van der Waals surface area (Å²) in [6.07, 6.45) is 7.14. The fourth-order valence-electron chi connectivity index (χ4n) is 2.80. The molecule has 2 nitrogen and oxygen atoms in total. The minimum Gasteiger partial charge on any atom is -0.370 e. The van der Waals surface area contributed by atoms with Crippen LogP contribution in [0.3, 0.4) is 0 Å². The highest BCUT2D eigenvalue weighted by Gasteiger charge is 2.17. The van der Waals surface area contributed by atoms with Gasteiger partial charge in [0.25, 0.3) is 0 Å². The molecule has 1 saturated heterocycles. The molecular formula is C16H25ClN2. The highest BCUT2D eigenvalue weighted by atomic mass is 35.5. The van der Waals surface area contributed by atoms with Crippen molar-refractivity contribution in [2.24, 2.45) is 5.73 Å². The molecule has 1 atom stereocenters. The van der Waals surface area contributed by atoms with E-state index in [1.807, 2.05) is 12.1 Å². The second-order valence-electron chi connectivity index (χ2n) is 5.52. The van der Waals surface area contributed by atoms with Crippen LogP contribution >= 0.6 is 11.6 Å². The fourth-order valence-corrected chi connectivity index (χ4v) is 3.11. The topological polar surface area (TPSA) is 29.3 Å². The van der Waals surface area contributed by atoms with Gasteiger partial charge in [0.05, 0.1) is 10.7 Å². The Labute approximate surface area is 121 Å². The number of halogens is 1. The molecule has 2 N–H and O–H groups in total. The maximum absolute atomic E-state index is 6.46. The van der Waals surface area contributed by atoms with Crippen molar-refractivity contribution < 1.29 is 0 Å². The van der Waals surface area contributed by atoms with E-state index in [1.165, 1.54) is 36.9 Å². The second-order valence-corrected chi connectivity index (χ2v) is 5.93. The molecule has 0 radical (unpaired) electrons. The van der Waals surface area contributed by atoms with E-state index in [0.29, 0.717) is 0 Å². The first-order chi connectivity index (χ1) is 9.22. The molecule has 1 aromatic rings. The minimum absolute atomic E-state index is 0.226. The molecule has 3 heteroatoms. The first-order valence-electron chi connectivity index (χ1n) is 7.50. The van der Waals surface area contributed by atoms with Crippen molar-refractivity contribution in [2.45, 2.75) is 51.5 Å². The SMILES string of the molecule is CCC(N)Cc1cccc(Cl)c1N1CCCCCC1. The van der Waals surface area contributed by atoms with Crippen LogP contribution in [-0.2, 0) is 6.42 Å². The maximum atomic E-state index is 6.46. The molecule has 19 heavy (non-hydrogen) atoms. The van der Waals surface area contributed by atoms with Crippen LogP contribution in [0.2, 0.25) is 5.02 Å². The molecule has 1 aliphatic heterocycles. The van der Waals surface area contributed by atoms with Crippen LogP contribution < -0.4 is 10.6 Å². The summed E-state index contributed by atoms with van der Waals surface area (Å²) in [5, 5.41) is 0.878. The average Bonchev–Trinajstić information content (AvgIpc) is 2.67. The van der Waals surface area contributed by atoms with Gasteiger partial charge >= 0.3 is 0 Å². The molecule has 1 unspecified atom stereocenters. The van der Waals surface area contributed by atoms with Gasteiger partial charge < -0.3 is 10.6 Å². The number of hydrogen-bond donors (Lipinski definition) is 1. The zero-order valence-electron chi connectivity index (χ0n) is 11.9. The second kappa shape index (κ2) is 7.16. The van der Waals surface area contributed by atoms with E-state index in [2.05, 4.69) is 17.9 Å². The summed E-state index contributed by atoms with van der Waals surface area (Å²) in [6.45, 7) is 4.39. The van der Waals surface area contributed by atoms with Crippen molar-refractivity contribution in [1.82, 2.24) is 0 Å². The van der Waals surface area contributed by atoms with Gasteiger partial charge in [-0.2, -0.15) is 0 Å². The number of hydrogen-bond acceptors (Lipinski definition) is 2. The Kier molecular flexibility index (Phi) is 5.53. The van der Waals surface area contributed by atoms with Crippen LogP contribution in [0.4, 0.5) is 5.69 Å². The van der Waals surface area contributed by atoms with Gasteiger partial charge in [0.1, 0.15) is 0 Å². The summed E-state index contributed by atoms with van der Waals surface area (Å²) in [4.78, 5) is 2.47. The van der Waals surface area contributed by atoms with Crippen LogP contribution in [-0.4, -0.2) is 19.1 Å². The largest absolute Gasteiger partial charge is 0.370 e. The summed E-state index contributed by atoms with van der Waals surface area (Å²) in [6, 6.07) is 6.45. The lowest BCUT2D eigenvalue weighted by Gasteiger charge is -2.27. The Morgan fingerprint density at radius 2 is 1.89 bits per heavy atom. The van der Waals surface area contributed by atoms with E-state index in [4.69, 9.17) is 17.3 Å². The van der Waals surface area contributed by atoms with Crippen LogP contribution in [0.25, 0.3) is 0 Å². The monoisotopic (exact) mass is 280 g/mol.